The van der Waals surface area contributed by atoms with E-state index in [-0.39, 0.29) is 17.8 Å². The van der Waals surface area contributed by atoms with Crippen molar-refractivity contribution in [2.75, 3.05) is 48.3 Å². The van der Waals surface area contributed by atoms with Crippen LogP contribution in [-0.2, 0) is 4.79 Å². The fraction of sp³-hybridized carbons (Fsp3) is 0.346. The lowest BCUT2D eigenvalue weighted by Gasteiger charge is -2.37. The van der Waals surface area contributed by atoms with Crippen molar-refractivity contribution in [1.82, 2.24) is 15.2 Å². The molecule has 8 nitrogen and oxygen atoms in total. The van der Waals surface area contributed by atoms with Gasteiger partial charge in [-0.05, 0) is 61.7 Å². The van der Waals surface area contributed by atoms with Crippen LogP contribution in [0.1, 0.15) is 19.3 Å². The highest BCUT2D eigenvalue weighted by Gasteiger charge is 2.31. The summed E-state index contributed by atoms with van der Waals surface area (Å²) >= 11 is 6.13. The molecule has 3 heterocycles. The lowest BCUT2D eigenvalue weighted by atomic mass is 10.1. The molecule has 2 fully saturated rings. The zero-order valence-corrected chi connectivity index (χ0v) is 20.5. The average molecular weight is 511 g/mol. The number of nitrogen functional groups attached to an aromatic ring is 1. The van der Waals surface area contributed by atoms with Gasteiger partial charge < -0.3 is 25.8 Å². The molecule has 2 aliphatic rings. The monoisotopic (exact) mass is 510 g/mol. The maximum atomic E-state index is 13.4. The molecule has 0 saturated carbocycles. The second-order valence-corrected chi connectivity index (χ2v) is 9.60. The quantitative estimate of drug-likeness (QED) is 0.555. The Morgan fingerprint density at radius 2 is 1.78 bits per heavy atom. The van der Waals surface area contributed by atoms with Gasteiger partial charge in [0, 0.05) is 60.6 Å². The zero-order chi connectivity index (χ0) is 25.2. The van der Waals surface area contributed by atoms with Gasteiger partial charge in [0.15, 0.2) is 0 Å². The minimum Gasteiger partial charge on any atom is -0.384 e. The summed E-state index contributed by atoms with van der Waals surface area (Å²) in [7, 11) is 0. The Labute approximate surface area is 213 Å². The third-order valence-corrected chi connectivity index (χ3v) is 7.04. The summed E-state index contributed by atoms with van der Waals surface area (Å²) in [6.45, 7) is 2.80. The molecule has 2 aromatic carbocycles. The first kappa shape index (κ1) is 24.1. The molecule has 2 saturated heterocycles. The Balaban J connectivity index is 1.24. The Bertz CT molecular complexity index is 1270. The summed E-state index contributed by atoms with van der Waals surface area (Å²) in [5.74, 6) is -0.0997. The third kappa shape index (κ3) is 5.02. The zero-order valence-electron chi connectivity index (χ0n) is 19.8. The van der Waals surface area contributed by atoms with E-state index in [4.69, 9.17) is 17.3 Å². The second-order valence-electron chi connectivity index (χ2n) is 9.17. The van der Waals surface area contributed by atoms with Crippen molar-refractivity contribution in [1.29, 1.82) is 0 Å². The number of halogens is 2. The van der Waals surface area contributed by atoms with E-state index in [1.54, 1.807) is 28.0 Å². The van der Waals surface area contributed by atoms with Crippen molar-refractivity contribution in [2.45, 2.75) is 25.3 Å². The van der Waals surface area contributed by atoms with Gasteiger partial charge in [-0.3, -0.25) is 4.79 Å². The number of nitrogens with zero attached hydrogens (tertiary/aromatic N) is 4. The van der Waals surface area contributed by atoms with E-state index in [1.807, 2.05) is 18.2 Å². The number of hydrogen-bond donors (Lipinski definition) is 2. The molecular formula is C26H28ClFN6O2. The first-order valence-electron chi connectivity index (χ1n) is 12.1. The number of nitrogens with one attached hydrogen (secondary N) is 1. The van der Waals surface area contributed by atoms with Crippen LogP contribution in [0.2, 0.25) is 5.02 Å². The lowest BCUT2D eigenvalue weighted by Crippen LogP contribution is -2.56. The highest BCUT2D eigenvalue weighted by molar-refractivity contribution is 6.31. The molecule has 1 aromatic heterocycles. The van der Waals surface area contributed by atoms with Crippen molar-refractivity contribution in [3.8, 4) is 0 Å². The van der Waals surface area contributed by atoms with E-state index in [1.165, 1.54) is 12.1 Å². The number of rotatable bonds is 3. The molecule has 0 aliphatic carbocycles. The number of nitrogens with two attached hydrogens (primary N) is 1. The molecule has 0 bridgehead atoms. The van der Waals surface area contributed by atoms with E-state index in [2.05, 4.69) is 15.2 Å². The van der Waals surface area contributed by atoms with Crippen molar-refractivity contribution in [2.24, 2.45) is 0 Å². The fourth-order valence-electron chi connectivity index (χ4n) is 4.91. The number of aromatic nitrogens is 1. The van der Waals surface area contributed by atoms with Gasteiger partial charge in [-0.25, -0.2) is 14.2 Å². The standard InChI is InChI=1S/C26H28ClFN6O2/c27-17-4-9-20-22(15-17)30-24(29)16-23(20)32-11-13-33(14-12-32)26(36)31-21-3-1-2-10-34(25(21)35)19-7-5-18(28)6-8-19/h4-9,15-16,21H,1-3,10-14H2,(H2,29,30)(H,31,36). The van der Waals surface area contributed by atoms with Crippen LogP contribution in [0.15, 0.2) is 48.5 Å². The van der Waals surface area contributed by atoms with Crippen molar-refractivity contribution < 1.29 is 14.0 Å². The van der Waals surface area contributed by atoms with Crippen molar-refractivity contribution in [3.05, 3.63) is 59.4 Å². The van der Waals surface area contributed by atoms with Gasteiger partial charge in [-0.1, -0.05) is 11.6 Å². The number of pyridine rings is 1. The second kappa shape index (κ2) is 10.2. The summed E-state index contributed by atoms with van der Waals surface area (Å²) in [6.07, 6.45) is 2.22. The minimum absolute atomic E-state index is 0.163. The third-order valence-electron chi connectivity index (χ3n) is 6.80. The normalized spacial score (nSPS) is 18.9. The predicted molar refractivity (Wildman–Crippen MR) is 140 cm³/mol. The predicted octanol–water partition coefficient (Wildman–Crippen LogP) is 4.03. The smallest absolute Gasteiger partial charge is 0.318 e. The number of hydrogen-bond acceptors (Lipinski definition) is 5. The van der Waals surface area contributed by atoms with Crippen molar-refractivity contribution >= 4 is 51.6 Å². The summed E-state index contributed by atoms with van der Waals surface area (Å²) in [6, 6.07) is 12.4. The van der Waals surface area contributed by atoms with Gasteiger partial charge in [0.2, 0.25) is 5.91 Å². The van der Waals surface area contributed by atoms with Crippen LogP contribution < -0.4 is 20.9 Å². The van der Waals surface area contributed by atoms with E-state index >= 15 is 0 Å². The van der Waals surface area contributed by atoms with E-state index in [0.717, 1.165) is 29.4 Å². The Hall–Kier alpha value is -3.59. The fourth-order valence-corrected chi connectivity index (χ4v) is 5.07. The Morgan fingerprint density at radius 1 is 1.03 bits per heavy atom. The van der Waals surface area contributed by atoms with Crippen LogP contribution in [0.4, 0.5) is 26.4 Å². The van der Waals surface area contributed by atoms with Crippen LogP contribution in [0.5, 0.6) is 0 Å². The van der Waals surface area contributed by atoms with Crippen LogP contribution in [0.25, 0.3) is 10.9 Å². The molecule has 10 heteroatoms. The molecule has 1 unspecified atom stereocenters. The molecule has 5 rings (SSSR count). The highest BCUT2D eigenvalue weighted by atomic mass is 35.5. The largest absolute Gasteiger partial charge is 0.384 e. The molecule has 188 valence electrons. The number of amides is 3. The first-order valence-corrected chi connectivity index (χ1v) is 12.5. The van der Waals surface area contributed by atoms with Crippen LogP contribution in [0.3, 0.4) is 0 Å². The molecule has 36 heavy (non-hydrogen) atoms. The van der Waals surface area contributed by atoms with E-state index in [0.29, 0.717) is 55.7 Å². The van der Waals surface area contributed by atoms with Gasteiger partial charge in [-0.2, -0.15) is 0 Å². The minimum atomic E-state index is -0.614. The summed E-state index contributed by atoms with van der Waals surface area (Å²) in [5.41, 5.74) is 8.37. The summed E-state index contributed by atoms with van der Waals surface area (Å²) < 4.78 is 13.4. The van der Waals surface area contributed by atoms with Gasteiger partial charge in [0.05, 0.1) is 5.52 Å². The maximum Gasteiger partial charge on any atom is 0.318 e. The Kier molecular flexibility index (Phi) is 6.82. The molecule has 0 spiro atoms. The molecule has 2 aliphatic heterocycles. The van der Waals surface area contributed by atoms with Gasteiger partial charge in [0.1, 0.15) is 17.7 Å². The lowest BCUT2D eigenvalue weighted by molar-refractivity contribution is -0.120. The molecule has 1 atom stereocenters. The first-order chi connectivity index (χ1) is 17.4. The highest BCUT2D eigenvalue weighted by Crippen LogP contribution is 2.30. The van der Waals surface area contributed by atoms with Crippen LogP contribution in [-0.4, -0.2) is 60.6 Å². The number of piperazine rings is 1. The number of carbonyl (C=O) groups is 2. The number of anilines is 3. The average Bonchev–Trinajstić information content (AvgIpc) is 3.05. The molecule has 3 amide bonds. The SMILES string of the molecule is Nc1cc(N2CCN(C(=O)NC3CCCCN(c4ccc(F)cc4)C3=O)CC2)c2ccc(Cl)cc2n1. The van der Waals surface area contributed by atoms with Crippen LogP contribution >= 0.6 is 11.6 Å². The molecular weight excluding hydrogens is 483 g/mol. The number of carbonyl (C=O) groups excluding carboxylic acids is 2. The topological polar surface area (TPSA) is 94.8 Å². The number of fused-ring (bicyclic) bond motifs is 1. The van der Waals surface area contributed by atoms with E-state index < -0.39 is 6.04 Å². The molecule has 0 radical (unpaired) electrons. The van der Waals surface area contributed by atoms with Gasteiger partial charge in [-0.15, -0.1) is 0 Å². The summed E-state index contributed by atoms with van der Waals surface area (Å²) in [4.78, 5) is 36.3. The van der Waals surface area contributed by atoms with Gasteiger partial charge in [0.25, 0.3) is 0 Å². The maximum absolute atomic E-state index is 13.4. The number of urea groups is 1. The Morgan fingerprint density at radius 3 is 2.53 bits per heavy atom. The molecule has 3 N–H and O–H groups in total. The van der Waals surface area contributed by atoms with Crippen molar-refractivity contribution in [3.63, 3.8) is 0 Å². The van der Waals surface area contributed by atoms with Crippen LogP contribution in [0, 0.1) is 5.82 Å². The van der Waals surface area contributed by atoms with Gasteiger partial charge >= 0.3 is 6.03 Å². The van der Waals surface area contributed by atoms with E-state index in [9.17, 15) is 14.0 Å². The number of benzene rings is 2. The molecule has 3 aromatic rings. The summed E-state index contributed by atoms with van der Waals surface area (Å²) in [5, 5.41) is 4.50.